The van der Waals surface area contributed by atoms with Crippen molar-refractivity contribution in [3.63, 3.8) is 0 Å². The summed E-state index contributed by atoms with van der Waals surface area (Å²) in [5, 5.41) is 11.5. The van der Waals surface area contributed by atoms with E-state index in [1.165, 1.54) is 55.5 Å². The lowest BCUT2D eigenvalue weighted by Crippen LogP contribution is -2.41. The molecule has 0 bridgehead atoms. The Morgan fingerprint density at radius 2 is 1.71 bits per heavy atom. The predicted molar refractivity (Wildman–Crippen MR) is 116 cm³/mol. The summed E-state index contributed by atoms with van der Waals surface area (Å²) in [4.78, 5) is 38.6. The molecule has 10 heteroatoms. The molecule has 0 aliphatic carbocycles. The number of hydrogen-bond donors (Lipinski definition) is 0. The fraction of sp³-hybridized carbons (Fsp3) is 0.333. The molecule has 0 N–H and O–H groups in total. The van der Waals surface area contributed by atoms with Gasteiger partial charge >= 0.3 is 5.69 Å². The lowest BCUT2D eigenvalue weighted by molar-refractivity contribution is -0.385. The van der Waals surface area contributed by atoms with Crippen LogP contribution in [0.4, 0.5) is 5.69 Å². The third kappa shape index (κ3) is 5.85. The van der Waals surface area contributed by atoms with Gasteiger partial charge in [-0.2, -0.15) is 0 Å². The Balaban J connectivity index is 2.25. The molecule has 0 aliphatic heterocycles. The van der Waals surface area contributed by atoms with Gasteiger partial charge < -0.3 is 19.3 Å². The lowest BCUT2D eigenvalue weighted by atomic mass is 10.1. The van der Waals surface area contributed by atoms with E-state index in [0.717, 1.165) is 0 Å². The molecule has 0 atom stereocenters. The normalized spacial score (nSPS) is 10.4. The van der Waals surface area contributed by atoms with Crippen LogP contribution >= 0.6 is 11.6 Å². The van der Waals surface area contributed by atoms with Gasteiger partial charge in [0.05, 0.1) is 18.6 Å². The zero-order valence-corrected chi connectivity index (χ0v) is 18.5. The van der Waals surface area contributed by atoms with Crippen molar-refractivity contribution in [1.82, 2.24) is 9.80 Å². The quantitative estimate of drug-likeness (QED) is 0.423. The molecular weight excluding hydrogens is 426 g/mol. The molecule has 2 aromatic carbocycles. The topological polar surface area (TPSA) is 102 Å². The Morgan fingerprint density at radius 1 is 1.06 bits per heavy atom. The number of rotatable bonds is 9. The zero-order valence-electron chi connectivity index (χ0n) is 17.8. The van der Waals surface area contributed by atoms with E-state index in [1.807, 2.05) is 13.8 Å². The molecule has 0 aromatic heterocycles. The summed E-state index contributed by atoms with van der Waals surface area (Å²) in [7, 11) is 2.93. The molecule has 0 fully saturated rings. The van der Waals surface area contributed by atoms with Crippen molar-refractivity contribution >= 4 is 29.1 Å². The van der Waals surface area contributed by atoms with Gasteiger partial charge in [0.2, 0.25) is 11.7 Å². The van der Waals surface area contributed by atoms with E-state index < -0.39 is 4.92 Å². The second-order valence-electron chi connectivity index (χ2n) is 6.56. The van der Waals surface area contributed by atoms with Crippen LogP contribution in [0.1, 0.15) is 24.2 Å². The summed E-state index contributed by atoms with van der Waals surface area (Å²) in [6.45, 7) is 4.82. The van der Waals surface area contributed by atoms with E-state index in [1.54, 1.807) is 4.90 Å². The van der Waals surface area contributed by atoms with Gasteiger partial charge in [0.1, 0.15) is 0 Å². The minimum atomic E-state index is -0.604. The number of nitro groups is 1. The van der Waals surface area contributed by atoms with E-state index in [0.29, 0.717) is 13.1 Å². The van der Waals surface area contributed by atoms with Crippen LogP contribution in [0.2, 0.25) is 5.02 Å². The van der Waals surface area contributed by atoms with Gasteiger partial charge in [0.25, 0.3) is 5.91 Å². The SMILES string of the molecule is CCN(CC)C(=O)CN(C)C(=O)c1ccc(Oc2ccc(Cl)cc2[N+](=O)[O-])c(OC)c1. The number of carbonyl (C=O) groups excluding carboxylic acids is 2. The number of hydrogen-bond acceptors (Lipinski definition) is 6. The van der Waals surface area contributed by atoms with Crippen LogP contribution in [0.5, 0.6) is 17.2 Å². The van der Waals surface area contributed by atoms with Gasteiger partial charge in [-0.3, -0.25) is 19.7 Å². The van der Waals surface area contributed by atoms with Crippen molar-refractivity contribution in [2.75, 3.05) is 33.8 Å². The van der Waals surface area contributed by atoms with Crippen molar-refractivity contribution in [3.8, 4) is 17.2 Å². The molecule has 0 radical (unpaired) electrons. The number of halogens is 1. The summed E-state index contributed by atoms with van der Waals surface area (Å²) in [6, 6.07) is 8.47. The number of likely N-dealkylation sites (N-methyl/N-ethyl adjacent to an activating group) is 2. The zero-order chi connectivity index (χ0) is 23.1. The largest absolute Gasteiger partial charge is 0.493 e. The van der Waals surface area contributed by atoms with Gasteiger partial charge in [-0.1, -0.05) is 11.6 Å². The van der Waals surface area contributed by atoms with Gasteiger partial charge in [-0.15, -0.1) is 0 Å². The fourth-order valence-corrected chi connectivity index (χ4v) is 3.06. The third-order valence-electron chi connectivity index (χ3n) is 4.58. The molecule has 0 saturated carbocycles. The lowest BCUT2D eigenvalue weighted by Gasteiger charge is -2.23. The van der Waals surface area contributed by atoms with Crippen molar-refractivity contribution in [3.05, 3.63) is 57.1 Å². The molecule has 0 aliphatic rings. The maximum Gasteiger partial charge on any atom is 0.313 e. The molecule has 0 unspecified atom stereocenters. The summed E-state index contributed by atoms with van der Waals surface area (Å²) in [5.74, 6) is -0.149. The molecule has 2 rings (SSSR count). The summed E-state index contributed by atoms with van der Waals surface area (Å²) in [6.07, 6.45) is 0. The van der Waals surface area contributed by atoms with E-state index in [9.17, 15) is 19.7 Å². The maximum absolute atomic E-state index is 12.8. The highest BCUT2D eigenvalue weighted by molar-refractivity contribution is 6.30. The molecule has 0 heterocycles. The molecule has 2 aromatic rings. The number of nitro benzene ring substituents is 1. The van der Waals surface area contributed by atoms with Crippen LogP contribution in [0.3, 0.4) is 0 Å². The molecular formula is C21H24ClN3O6. The van der Waals surface area contributed by atoms with Crippen LogP contribution in [-0.2, 0) is 4.79 Å². The third-order valence-corrected chi connectivity index (χ3v) is 4.82. The fourth-order valence-electron chi connectivity index (χ4n) is 2.89. The van der Waals surface area contributed by atoms with Crippen molar-refractivity contribution in [1.29, 1.82) is 0 Å². The minimum Gasteiger partial charge on any atom is -0.493 e. The second-order valence-corrected chi connectivity index (χ2v) is 7.00. The Kier molecular flexibility index (Phi) is 8.21. The van der Waals surface area contributed by atoms with Gasteiger partial charge in [-0.25, -0.2) is 0 Å². The number of ether oxygens (including phenoxy) is 2. The minimum absolute atomic E-state index is 0.0197. The Morgan fingerprint density at radius 3 is 2.29 bits per heavy atom. The first-order valence-electron chi connectivity index (χ1n) is 9.54. The predicted octanol–water partition coefficient (Wildman–Crippen LogP) is 3.99. The molecule has 166 valence electrons. The van der Waals surface area contributed by atoms with Crippen molar-refractivity contribution in [2.24, 2.45) is 0 Å². The van der Waals surface area contributed by atoms with Crippen LogP contribution in [0, 0.1) is 10.1 Å². The molecule has 9 nitrogen and oxygen atoms in total. The van der Waals surface area contributed by atoms with E-state index in [-0.39, 0.29) is 51.9 Å². The van der Waals surface area contributed by atoms with E-state index in [4.69, 9.17) is 21.1 Å². The standard InChI is InChI=1S/C21H24ClN3O6/c1-5-24(6-2)20(26)13-23(3)21(27)14-7-9-18(19(11-14)30-4)31-17-10-8-15(22)12-16(17)25(28)29/h7-12H,5-6,13H2,1-4H3. The molecule has 0 saturated heterocycles. The van der Waals surface area contributed by atoms with Gasteiger partial charge in [0, 0.05) is 36.8 Å². The van der Waals surface area contributed by atoms with Gasteiger partial charge in [0.15, 0.2) is 11.5 Å². The maximum atomic E-state index is 12.8. The Labute approximate surface area is 185 Å². The molecule has 31 heavy (non-hydrogen) atoms. The van der Waals surface area contributed by atoms with Crippen LogP contribution in [0.25, 0.3) is 0 Å². The number of methoxy groups -OCH3 is 1. The smallest absolute Gasteiger partial charge is 0.313 e. The Bertz CT molecular complexity index is 978. The highest BCUT2D eigenvalue weighted by Crippen LogP contribution is 2.38. The average Bonchev–Trinajstić information content (AvgIpc) is 2.75. The van der Waals surface area contributed by atoms with E-state index in [2.05, 4.69) is 0 Å². The summed E-state index contributed by atoms with van der Waals surface area (Å²) in [5.41, 5.74) is -0.0194. The van der Waals surface area contributed by atoms with Crippen LogP contribution in [0.15, 0.2) is 36.4 Å². The number of amides is 2. The first kappa shape index (κ1) is 23.9. The Hall–Kier alpha value is -3.33. The van der Waals surface area contributed by atoms with Crippen molar-refractivity contribution in [2.45, 2.75) is 13.8 Å². The first-order chi connectivity index (χ1) is 14.7. The van der Waals surface area contributed by atoms with Crippen LogP contribution in [-0.4, -0.2) is 60.3 Å². The number of benzene rings is 2. The highest BCUT2D eigenvalue weighted by Gasteiger charge is 2.21. The first-order valence-corrected chi connectivity index (χ1v) is 9.92. The highest BCUT2D eigenvalue weighted by atomic mass is 35.5. The molecule has 2 amide bonds. The van der Waals surface area contributed by atoms with Crippen molar-refractivity contribution < 1.29 is 24.0 Å². The number of nitrogens with zero attached hydrogens (tertiary/aromatic N) is 3. The average molecular weight is 450 g/mol. The summed E-state index contributed by atoms with van der Waals surface area (Å²) >= 11 is 5.83. The second kappa shape index (κ2) is 10.6. The monoisotopic (exact) mass is 449 g/mol. The van der Waals surface area contributed by atoms with E-state index >= 15 is 0 Å². The van der Waals surface area contributed by atoms with Crippen LogP contribution < -0.4 is 9.47 Å². The van der Waals surface area contributed by atoms with Gasteiger partial charge in [-0.05, 0) is 44.2 Å². The summed E-state index contributed by atoms with van der Waals surface area (Å²) < 4.78 is 11.0. The number of carbonyl (C=O) groups is 2. The molecule has 0 spiro atoms.